The van der Waals surface area contributed by atoms with Crippen molar-refractivity contribution in [1.82, 2.24) is 0 Å². The zero-order valence-corrected chi connectivity index (χ0v) is 16.7. The van der Waals surface area contributed by atoms with E-state index in [1.54, 1.807) is 0 Å². The normalized spacial score (nSPS) is 34.4. The number of hydrogen-bond acceptors (Lipinski definition) is 4. The van der Waals surface area contributed by atoms with Gasteiger partial charge in [-0.1, -0.05) is 12.1 Å². The highest BCUT2D eigenvalue weighted by Crippen LogP contribution is 2.39. The molecule has 4 N–H and O–H groups in total. The first kappa shape index (κ1) is 21.4. The van der Waals surface area contributed by atoms with Crippen molar-refractivity contribution < 1.29 is 39.6 Å². The molecule has 8 nitrogen and oxygen atoms in total. The molecule has 2 saturated carbocycles. The summed E-state index contributed by atoms with van der Waals surface area (Å²) in [5.41, 5.74) is 0. The Balaban J connectivity index is 1.81. The van der Waals surface area contributed by atoms with Crippen LogP contribution in [0.5, 0.6) is 0 Å². The molecule has 2 aliphatic carbocycles. The van der Waals surface area contributed by atoms with Gasteiger partial charge in [-0.25, -0.2) is 0 Å². The molecule has 0 heterocycles. The van der Waals surface area contributed by atoms with Crippen LogP contribution in [0.2, 0.25) is 12.1 Å². The molecule has 0 aromatic carbocycles. The Morgan fingerprint density at radius 1 is 0.593 bits per heavy atom. The van der Waals surface area contributed by atoms with E-state index in [0.717, 1.165) is 24.9 Å². The topological polar surface area (TPSA) is 149 Å². The largest absolute Gasteiger partial charge is 0.481 e. The van der Waals surface area contributed by atoms with Crippen molar-refractivity contribution in [2.24, 2.45) is 35.5 Å². The van der Waals surface area contributed by atoms with Gasteiger partial charge in [0.15, 0.2) is 0 Å². The quantitative estimate of drug-likeness (QED) is 0.447. The highest BCUT2D eigenvalue weighted by molar-refractivity contribution is 6.35. The zero-order chi connectivity index (χ0) is 20.1. The molecular weight excluding hydrogens is 372 g/mol. The van der Waals surface area contributed by atoms with Crippen molar-refractivity contribution in [2.45, 2.75) is 50.6 Å². The Bertz CT molecular complexity index is 542. The number of carbonyl (C=O) groups is 4. The molecule has 0 radical (unpaired) electrons. The van der Waals surface area contributed by atoms with Gasteiger partial charge in [-0.05, 0) is 50.4 Å². The van der Waals surface area contributed by atoms with Gasteiger partial charge < -0.3 is 20.4 Å². The van der Waals surface area contributed by atoms with E-state index in [2.05, 4.69) is 0 Å². The fourth-order valence-electron chi connectivity index (χ4n) is 4.87. The maximum Gasteiger partial charge on any atom is 0.307 e. The lowest BCUT2D eigenvalue weighted by atomic mass is 9.74. The van der Waals surface area contributed by atoms with Gasteiger partial charge in [0.1, 0.15) is 0 Å². The lowest BCUT2D eigenvalue weighted by molar-refractivity contribution is -0.156. The minimum atomic E-state index is -1.04. The monoisotopic (exact) mass is 400 g/mol. The van der Waals surface area contributed by atoms with Crippen LogP contribution in [0.3, 0.4) is 0 Å². The summed E-state index contributed by atoms with van der Waals surface area (Å²) >= 11 is 0. The molecule has 0 spiro atoms. The molecule has 2 aliphatic rings. The lowest BCUT2D eigenvalue weighted by Gasteiger charge is -2.33. The summed E-state index contributed by atoms with van der Waals surface area (Å²) in [6, 6.07) is 1.87. The van der Waals surface area contributed by atoms with Gasteiger partial charge in [0, 0.05) is 9.52 Å². The summed E-state index contributed by atoms with van der Waals surface area (Å²) in [5.74, 6) is -6.92. The van der Waals surface area contributed by atoms with Crippen molar-refractivity contribution >= 4 is 33.4 Å². The lowest BCUT2D eigenvalue weighted by Crippen LogP contribution is -2.36. The molecule has 9 heteroatoms. The fraction of sp³-hybridized carbons (Fsp3) is 0.778. The van der Waals surface area contributed by atoms with Crippen molar-refractivity contribution in [1.29, 1.82) is 0 Å². The predicted octanol–water partition coefficient (Wildman–Crippen LogP) is 1.40. The van der Waals surface area contributed by atoms with Crippen LogP contribution in [-0.2, 0) is 19.2 Å². The van der Waals surface area contributed by atoms with Gasteiger partial charge in [0.2, 0.25) is 0 Å². The van der Waals surface area contributed by atoms with Crippen LogP contribution < -0.4 is 0 Å². The molecule has 0 amide bonds. The van der Waals surface area contributed by atoms with Crippen LogP contribution in [-0.4, -0.2) is 53.8 Å². The van der Waals surface area contributed by atoms with Gasteiger partial charge in [0.05, 0.1) is 23.7 Å². The van der Waals surface area contributed by atoms with E-state index in [9.17, 15) is 39.6 Å². The minimum Gasteiger partial charge on any atom is -0.481 e. The summed E-state index contributed by atoms with van der Waals surface area (Å²) in [6.07, 6.45) is 3.08. The van der Waals surface area contributed by atoms with Crippen LogP contribution in [0.15, 0.2) is 0 Å². The summed E-state index contributed by atoms with van der Waals surface area (Å²) in [6.45, 7) is 0. The van der Waals surface area contributed by atoms with Gasteiger partial charge in [-0.2, -0.15) is 0 Å². The number of hydrogen-bond donors (Lipinski definition) is 4. The van der Waals surface area contributed by atoms with Crippen molar-refractivity contribution in [3.63, 3.8) is 0 Å². The smallest absolute Gasteiger partial charge is 0.307 e. The second-order valence-electron chi connectivity index (χ2n) is 8.07. The summed E-state index contributed by atoms with van der Waals surface area (Å²) in [4.78, 5) is 45.2. The van der Waals surface area contributed by atoms with Crippen LogP contribution in [0.25, 0.3) is 0 Å². The number of aliphatic carboxylic acids is 4. The van der Waals surface area contributed by atoms with Gasteiger partial charge in [-0.3, -0.25) is 19.2 Å². The minimum absolute atomic E-state index is 0.235. The third-order valence-electron chi connectivity index (χ3n) is 6.41. The molecule has 6 unspecified atom stereocenters. The molecule has 0 aromatic rings. The Morgan fingerprint density at radius 2 is 0.926 bits per heavy atom. The standard InChI is InChI=1S/C18H28O8Si/c19-15(20)11-3-1-9(5-13(11)17(23)24)7-27-8-10-2-4-12(16(21)22)14(6-10)18(25)26/h9-14H,1-8,27H2,(H,19,20)(H,21,22)(H,23,24)(H,25,26). The number of carboxylic acids is 4. The molecule has 27 heavy (non-hydrogen) atoms. The molecule has 0 bridgehead atoms. The second kappa shape index (κ2) is 9.34. The van der Waals surface area contributed by atoms with E-state index < -0.39 is 57.1 Å². The molecule has 0 aliphatic heterocycles. The summed E-state index contributed by atoms with van der Waals surface area (Å²) in [5, 5.41) is 37.0. The van der Waals surface area contributed by atoms with Crippen LogP contribution in [0.1, 0.15) is 38.5 Å². The van der Waals surface area contributed by atoms with Gasteiger partial charge in [0.25, 0.3) is 0 Å². The Morgan fingerprint density at radius 3 is 1.22 bits per heavy atom. The summed E-state index contributed by atoms with van der Waals surface area (Å²) in [7, 11) is -0.526. The Kier molecular flexibility index (Phi) is 7.40. The van der Waals surface area contributed by atoms with Crippen LogP contribution in [0, 0.1) is 35.5 Å². The third kappa shape index (κ3) is 5.54. The van der Waals surface area contributed by atoms with Crippen LogP contribution in [0.4, 0.5) is 0 Å². The first-order valence-corrected chi connectivity index (χ1v) is 11.6. The maximum atomic E-state index is 11.4. The molecular formula is C18H28O8Si. The number of rotatable bonds is 8. The van der Waals surface area contributed by atoms with Crippen LogP contribution >= 0.6 is 0 Å². The first-order chi connectivity index (χ1) is 12.7. The average molecular weight is 401 g/mol. The molecule has 2 fully saturated rings. The molecule has 2 rings (SSSR count). The Hall–Kier alpha value is -1.90. The average Bonchev–Trinajstić information content (AvgIpc) is 2.61. The van der Waals surface area contributed by atoms with Crippen molar-refractivity contribution in [3.8, 4) is 0 Å². The summed E-state index contributed by atoms with van der Waals surface area (Å²) < 4.78 is 0. The van der Waals surface area contributed by atoms with Crippen molar-refractivity contribution in [3.05, 3.63) is 0 Å². The van der Waals surface area contributed by atoms with Gasteiger partial charge in [-0.15, -0.1) is 0 Å². The van der Waals surface area contributed by atoms with E-state index >= 15 is 0 Å². The third-order valence-corrected chi connectivity index (χ3v) is 8.86. The second-order valence-corrected chi connectivity index (χ2v) is 9.93. The molecule has 0 saturated heterocycles. The maximum absolute atomic E-state index is 11.4. The van der Waals surface area contributed by atoms with E-state index in [1.807, 2.05) is 0 Å². The number of carboxylic acid groups (broad SMARTS) is 4. The van der Waals surface area contributed by atoms with E-state index in [4.69, 9.17) is 0 Å². The molecule has 6 atom stereocenters. The Labute approximate surface area is 159 Å². The van der Waals surface area contributed by atoms with E-state index in [1.165, 1.54) is 0 Å². The van der Waals surface area contributed by atoms with E-state index in [-0.39, 0.29) is 11.8 Å². The van der Waals surface area contributed by atoms with E-state index in [0.29, 0.717) is 25.7 Å². The fourth-order valence-corrected chi connectivity index (χ4v) is 7.31. The molecule has 0 aromatic heterocycles. The first-order valence-electron chi connectivity index (χ1n) is 9.61. The zero-order valence-electron chi connectivity index (χ0n) is 15.2. The SMILES string of the molecule is O=C(O)C1CCC(C[SiH2]CC2CCC(C(=O)O)C(C(=O)O)C2)CC1C(=O)O. The van der Waals surface area contributed by atoms with Gasteiger partial charge >= 0.3 is 23.9 Å². The van der Waals surface area contributed by atoms with Crippen molar-refractivity contribution in [2.75, 3.05) is 0 Å². The highest BCUT2D eigenvalue weighted by Gasteiger charge is 2.40. The molecule has 152 valence electrons. The highest BCUT2D eigenvalue weighted by atomic mass is 28.2. The predicted molar refractivity (Wildman–Crippen MR) is 97.3 cm³/mol.